The molecule has 1 heterocycles. The fourth-order valence-electron chi connectivity index (χ4n) is 2.50. The summed E-state index contributed by atoms with van der Waals surface area (Å²) in [7, 11) is 1.90. The van der Waals surface area contributed by atoms with E-state index in [2.05, 4.69) is 16.5 Å². The number of nitriles is 1. The largest absolute Gasteiger partial charge is 0.382 e. The van der Waals surface area contributed by atoms with Crippen LogP contribution in [0.4, 0.5) is 10.2 Å². The number of hydrogen-bond acceptors (Lipinski definition) is 5. The number of hydrogen-bond donors (Lipinski definition) is 2. The molecule has 0 unspecified atom stereocenters. The lowest BCUT2D eigenvalue weighted by Crippen LogP contribution is -2.38. The van der Waals surface area contributed by atoms with Crippen LogP contribution in [0.2, 0.25) is 0 Å². The number of benzene rings is 1. The fourth-order valence-corrected chi connectivity index (χ4v) is 2.50. The molecule has 1 amide bonds. The van der Waals surface area contributed by atoms with E-state index in [1.165, 1.54) is 16.8 Å². The maximum Gasteiger partial charge on any atom is 0.234 e. The molecule has 0 aliphatic carbocycles. The molecule has 0 aliphatic heterocycles. The number of nitrogen functional groups attached to an aromatic ring is 1. The summed E-state index contributed by atoms with van der Waals surface area (Å²) in [5.74, 6) is -0.172. The lowest BCUT2D eigenvalue weighted by Gasteiger charge is -2.20. The first kappa shape index (κ1) is 20.4. The smallest absolute Gasteiger partial charge is 0.234 e. The Bertz CT molecular complexity index is 822. The Labute approximate surface area is 158 Å². The fraction of sp³-hybridized carbons (Fsp3) is 0.421. The molecule has 2 aromatic rings. The van der Waals surface area contributed by atoms with Crippen LogP contribution in [0.1, 0.15) is 31.5 Å². The second kappa shape index (κ2) is 9.14. The molecule has 0 radical (unpaired) electrons. The van der Waals surface area contributed by atoms with Crippen LogP contribution in [-0.2, 0) is 11.2 Å². The summed E-state index contributed by atoms with van der Waals surface area (Å²) < 4.78 is 14.5. The molecule has 27 heavy (non-hydrogen) atoms. The summed E-state index contributed by atoms with van der Waals surface area (Å²) in [5.41, 5.74) is 7.49. The van der Waals surface area contributed by atoms with Crippen LogP contribution >= 0.6 is 0 Å². The van der Waals surface area contributed by atoms with Gasteiger partial charge in [-0.15, -0.1) is 0 Å². The number of aryl methyl sites for hydroxylation is 1. The van der Waals surface area contributed by atoms with E-state index in [1.807, 2.05) is 25.8 Å². The summed E-state index contributed by atoms with van der Waals surface area (Å²) in [5, 5.41) is 16.6. The molecule has 0 aliphatic rings. The molecular weight excluding hydrogens is 347 g/mol. The molecule has 1 aromatic heterocycles. The van der Waals surface area contributed by atoms with Crippen molar-refractivity contribution in [1.29, 1.82) is 5.26 Å². The first-order valence-corrected chi connectivity index (χ1v) is 8.83. The van der Waals surface area contributed by atoms with E-state index in [9.17, 15) is 14.4 Å². The Kier molecular flexibility index (Phi) is 6.91. The highest BCUT2D eigenvalue weighted by Crippen LogP contribution is 2.21. The molecule has 144 valence electrons. The molecule has 1 aromatic carbocycles. The van der Waals surface area contributed by atoms with E-state index >= 15 is 0 Å². The van der Waals surface area contributed by atoms with Crippen LogP contribution in [0.25, 0.3) is 5.69 Å². The molecule has 0 bridgehead atoms. The van der Waals surface area contributed by atoms with Crippen molar-refractivity contribution in [3.8, 4) is 11.8 Å². The van der Waals surface area contributed by atoms with Crippen molar-refractivity contribution in [3.63, 3.8) is 0 Å². The second-order valence-corrected chi connectivity index (χ2v) is 6.67. The number of likely N-dealkylation sites (N-methyl/N-ethyl adjacent to an activating group) is 1. The van der Waals surface area contributed by atoms with E-state index in [0.29, 0.717) is 48.9 Å². The van der Waals surface area contributed by atoms with Gasteiger partial charge in [0.25, 0.3) is 0 Å². The maximum atomic E-state index is 13.1. The van der Waals surface area contributed by atoms with Gasteiger partial charge in [0.15, 0.2) is 0 Å². The van der Waals surface area contributed by atoms with Crippen molar-refractivity contribution in [2.24, 2.45) is 0 Å². The maximum absolute atomic E-state index is 13.1. The quantitative estimate of drug-likeness (QED) is 0.689. The summed E-state index contributed by atoms with van der Waals surface area (Å²) in [6.07, 6.45) is 1.13. The SMILES string of the molecule is CC(C)N(C)CC(=O)NCCCc1nn(-c2ccc(F)cc2)c(N)c1C#N. The number of carbonyl (C=O) groups excluding carboxylic acids is 1. The standard InChI is InChI=1S/C19H25FN6O/c1-13(2)25(3)12-18(27)23-10-4-5-17-16(11-21)19(22)26(24-17)15-8-6-14(20)7-9-15/h6-9,13H,4-5,10,12,22H2,1-3H3,(H,23,27). The van der Waals surface area contributed by atoms with Crippen molar-refractivity contribution in [2.45, 2.75) is 32.7 Å². The average Bonchev–Trinajstić information content (AvgIpc) is 2.94. The summed E-state index contributed by atoms with van der Waals surface area (Å²) in [6, 6.07) is 8.10. The summed E-state index contributed by atoms with van der Waals surface area (Å²) >= 11 is 0. The van der Waals surface area contributed by atoms with Crippen LogP contribution in [0.15, 0.2) is 24.3 Å². The Morgan fingerprint density at radius 1 is 1.41 bits per heavy atom. The third-order valence-corrected chi connectivity index (χ3v) is 4.36. The number of carbonyl (C=O) groups is 1. The van der Waals surface area contributed by atoms with Gasteiger partial charge < -0.3 is 11.1 Å². The zero-order chi connectivity index (χ0) is 20.0. The van der Waals surface area contributed by atoms with Crippen LogP contribution in [-0.4, -0.2) is 46.8 Å². The van der Waals surface area contributed by atoms with Gasteiger partial charge in [-0.2, -0.15) is 10.4 Å². The van der Waals surface area contributed by atoms with Gasteiger partial charge in [0.05, 0.1) is 17.9 Å². The van der Waals surface area contributed by atoms with Crippen LogP contribution in [0.5, 0.6) is 0 Å². The highest BCUT2D eigenvalue weighted by atomic mass is 19.1. The van der Waals surface area contributed by atoms with Gasteiger partial charge in [0.1, 0.15) is 23.3 Å². The summed E-state index contributed by atoms with van der Waals surface area (Å²) in [4.78, 5) is 13.8. The molecule has 3 N–H and O–H groups in total. The molecule has 0 atom stereocenters. The van der Waals surface area contributed by atoms with E-state index in [1.54, 1.807) is 12.1 Å². The Hall–Kier alpha value is -2.92. The van der Waals surface area contributed by atoms with Crippen LogP contribution in [0.3, 0.4) is 0 Å². The van der Waals surface area contributed by atoms with Gasteiger partial charge in [-0.1, -0.05) is 0 Å². The molecule has 0 saturated heterocycles. The van der Waals surface area contributed by atoms with E-state index in [-0.39, 0.29) is 17.5 Å². The zero-order valence-corrected chi connectivity index (χ0v) is 15.9. The third-order valence-electron chi connectivity index (χ3n) is 4.36. The highest BCUT2D eigenvalue weighted by molar-refractivity contribution is 5.77. The van der Waals surface area contributed by atoms with Crippen LogP contribution in [0, 0.1) is 17.1 Å². The highest BCUT2D eigenvalue weighted by Gasteiger charge is 2.16. The number of halogens is 1. The number of anilines is 1. The van der Waals surface area contributed by atoms with Gasteiger partial charge in [0, 0.05) is 12.6 Å². The van der Waals surface area contributed by atoms with Crippen molar-refractivity contribution >= 4 is 11.7 Å². The predicted molar refractivity (Wildman–Crippen MR) is 102 cm³/mol. The first-order chi connectivity index (χ1) is 12.8. The summed E-state index contributed by atoms with van der Waals surface area (Å²) in [6.45, 7) is 4.88. The normalized spacial score (nSPS) is 11.0. The Morgan fingerprint density at radius 2 is 2.07 bits per heavy atom. The topological polar surface area (TPSA) is 100.0 Å². The molecule has 0 fully saturated rings. The number of aromatic nitrogens is 2. The van der Waals surface area contributed by atoms with E-state index < -0.39 is 0 Å². The van der Waals surface area contributed by atoms with Gasteiger partial charge in [0.2, 0.25) is 5.91 Å². The number of rotatable bonds is 8. The molecule has 0 saturated carbocycles. The molecule has 2 rings (SSSR count). The first-order valence-electron chi connectivity index (χ1n) is 8.83. The monoisotopic (exact) mass is 372 g/mol. The lowest BCUT2D eigenvalue weighted by atomic mass is 10.1. The Balaban J connectivity index is 1.97. The van der Waals surface area contributed by atoms with Crippen LogP contribution < -0.4 is 11.1 Å². The van der Waals surface area contributed by atoms with Gasteiger partial charge in [-0.25, -0.2) is 9.07 Å². The van der Waals surface area contributed by atoms with Gasteiger partial charge in [-0.05, 0) is 58.0 Å². The molecular formula is C19H25FN6O. The van der Waals surface area contributed by atoms with E-state index in [0.717, 1.165) is 0 Å². The average molecular weight is 372 g/mol. The van der Waals surface area contributed by atoms with Crippen molar-refractivity contribution in [1.82, 2.24) is 20.0 Å². The number of nitrogens with zero attached hydrogens (tertiary/aromatic N) is 4. The minimum atomic E-state index is -0.357. The lowest BCUT2D eigenvalue weighted by molar-refractivity contribution is -0.122. The third kappa shape index (κ3) is 5.28. The second-order valence-electron chi connectivity index (χ2n) is 6.67. The molecule has 7 nitrogen and oxygen atoms in total. The van der Waals surface area contributed by atoms with Crippen molar-refractivity contribution in [2.75, 3.05) is 25.9 Å². The zero-order valence-electron chi connectivity index (χ0n) is 15.9. The number of amides is 1. The predicted octanol–water partition coefficient (Wildman–Crippen LogP) is 1.85. The van der Waals surface area contributed by atoms with Crippen molar-refractivity contribution in [3.05, 3.63) is 41.3 Å². The number of nitrogens with two attached hydrogens (primary N) is 1. The molecule has 0 spiro atoms. The van der Waals surface area contributed by atoms with Crippen molar-refractivity contribution < 1.29 is 9.18 Å². The minimum absolute atomic E-state index is 0.0388. The minimum Gasteiger partial charge on any atom is -0.382 e. The number of nitrogens with one attached hydrogen (secondary N) is 1. The van der Waals surface area contributed by atoms with Gasteiger partial charge >= 0.3 is 0 Å². The van der Waals surface area contributed by atoms with E-state index in [4.69, 9.17) is 5.73 Å². The molecule has 8 heteroatoms. The van der Waals surface area contributed by atoms with Gasteiger partial charge in [-0.3, -0.25) is 9.69 Å². The Morgan fingerprint density at radius 3 is 2.67 bits per heavy atom.